The molecule has 3 aromatic rings. The summed E-state index contributed by atoms with van der Waals surface area (Å²) in [5.41, 5.74) is 0.796. The number of halogens is 2. The number of rotatable bonds is 6. The van der Waals surface area contributed by atoms with E-state index in [2.05, 4.69) is 26.1 Å². The van der Waals surface area contributed by atoms with E-state index in [1.54, 1.807) is 25.3 Å². The lowest BCUT2D eigenvalue weighted by Crippen LogP contribution is -2.09. The van der Waals surface area contributed by atoms with Gasteiger partial charge in [-0.1, -0.05) is 32.7 Å². The van der Waals surface area contributed by atoms with Crippen LogP contribution in [0.4, 0.5) is 0 Å². The predicted molar refractivity (Wildman–Crippen MR) is 99.4 cm³/mol. The molecule has 0 N–H and O–H groups in total. The molecule has 0 fully saturated rings. The average molecular weight is 438 g/mol. The Labute approximate surface area is 163 Å². The molecule has 1 heterocycles. The van der Waals surface area contributed by atoms with Crippen molar-refractivity contribution in [1.29, 1.82) is 0 Å². The van der Waals surface area contributed by atoms with Crippen molar-refractivity contribution >= 4 is 33.5 Å². The SMILES string of the molecule is COc1ccc(-c2noc(CCC(=O)Oc3ccc(Br)cc3Cl)n2)cc1. The fourth-order valence-electron chi connectivity index (χ4n) is 2.15. The zero-order chi connectivity index (χ0) is 18.5. The van der Waals surface area contributed by atoms with Crippen molar-refractivity contribution in [2.75, 3.05) is 7.11 Å². The first-order chi connectivity index (χ1) is 12.5. The molecular weight excluding hydrogens is 424 g/mol. The molecule has 1 aromatic heterocycles. The standard InChI is InChI=1S/C18H14BrClN2O4/c1-24-13-5-2-11(3-6-13)18-21-16(26-22-18)8-9-17(23)25-15-7-4-12(19)10-14(15)20/h2-7,10H,8-9H2,1H3. The van der Waals surface area contributed by atoms with Gasteiger partial charge >= 0.3 is 5.97 Å². The second kappa shape index (κ2) is 8.33. The van der Waals surface area contributed by atoms with Gasteiger partial charge in [0, 0.05) is 16.5 Å². The van der Waals surface area contributed by atoms with Crippen LogP contribution >= 0.6 is 27.5 Å². The summed E-state index contributed by atoms with van der Waals surface area (Å²) in [5, 5.41) is 4.28. The third-order valence-corrected chi connectivity index (χ3v) is 4.27. The number of aryl methyl sites for hydroxylation is 1. The number of hydrogen-bond donors (Lipinski definition) is 0. The summed E-state index contributed by atoms with van der Waals surface area (Å²) in [6, 6.07) is 12.3. The first-order valence-corrected chi connectivity index (χ1v) is 8.85. The molecule has 0 amide bonds. The van der Waals surface area contributed by atoms with E-state index in [1.807, 2.05) is 24.3 Å². The minimum atomic E-state index is -0.432. The van der Waals surface area contributed by atoms with Crippen molar-refractivity contribution in [3.63, 3.8) is 0 Å². The number of esters is 1. The first kappa shape index (κ1) is 18.4. The van der Waals surface area contributed by atoms with Gasteiger partial charge in [0.05, 0.1) is 18.6 Å². The van der Waals surface area contributed by atoms with Gasteiger partial charge in [-0.05, 0) is 42.5 Å². The number of hydrogen-bond acceptors (Lipinski definition) is 6. The van der Waals surface area contributed by atoms with Crippen molar-refractivity contribution in [2.45, 2.75) is 12.8 Å². The molecule has 6 nitrogen and oxygen atoms in total. The predicted octanol–water partition coefficient (Wildman–Crippen LogP) is 4.70. The molecule has 0 unspecified atom stereocenters. The summed E-state index contributed by atoms with van der Waals surface area (Å²) in [6.07, 6.45) is 0.368. The van der Waals surface area contributed by atoms with Crippen LogP contribution in [0.5, 0.6) is 11.5 Å². The summed E-state index contributed by atoms with van der Waals surface area (Å²) < 4.78 is 16.3. The third-order valence-electron chi connectivity index (χ3n) is 3.48. The van der Waals surface area contributed by atoms with Crippen molar-refractivity contribution in [3.05, 3.63) is 57.9 Å². The molecule has 0 spiro atoms. The average Bonchev–Trinajstić information content (AvgIpc) is 3.11. The topological polar surface area (TPSA) is 74.5 Å². The highest BCUT2D eigenvalue weighted by Crippen LogP contribution is 2.28. The Balaban J connectivity index is 1.58. The van der Waals surface area contributed by atoms with Crippen molar-refractivity contribution in [1.82, 2.24) is 10.1 Å². The number of carbonyl (C=O) groups is 1. The van der Waals surface area contributed by atoms with Crippen LogP contribution in [-0.2, 0) is 11.2 Å². The summed E-state index contributed by atoms with van der Waals surface area (Å²) in [5.74, 6) is 1.43. The Morgan fingerprint density at radius 1 is 1.23 bits per heavy atom. The Kier molecular flexibility index (Phi) is 5.90. The molecule has 0 aliphatic carbocycles. The van der Waals surface area contributed by atoms with Gasteiger partial charge in [-0.3, -0.25) is 4.79 Å². The molecular formula is C18H14BrClN2O4. The van der Waals surface area contributed by atoms with Crippen molar-refractivity contribution < 1.29 is 18.8 Å². The summed E-state index contributed by atoms with van der Waals surface area (Å²) >= 11 is 9.32. The summed E-state index contributed by atoms with van der Waals surface area (Å²) in [7, 11) is 1.60. The van der Waals surface area contributed by atoms with Crippen LogP contribution in [0.1, 0.15) is 12.3 Å². The zero-order valence-electron chi connectivity index (χ0n) is 13.7. The highest BCUT2D eigenvalue weighted by Gasteiger charge is 2.13. The van der Waals surface area contributed by atoms with Crippen molar-refractivity contribution in [3.8, 4) is 22.9 Å². The highest BCUT2D eigenvalue weighted by atomic mass is 79.9. The Morgan fingerprint density at radius 2 is 2.00 bits per heavy atom. The Bertz CT molecular complexity index is 912. The van der Waals surface area contributed by atoms with E-state index in [9.17, 15) is 4.79 Å². The molecule has 2 aromatic carbocycles. The second-order valence-corrected chi connectivity index (χ2v) is 6.61. The fraction of sp³-hybridized carbons (Fsp3) is 0.167. The lowest BCUT2D eigenvalue weighted by atomic mass is 10.2. The van der Waals surface area contributed by atoms with Gasteiger partial charge in [0.15, 0.2) is 0 Å². The molecule has 8 heteroatoms. The van der Waals surface area contributed by atoms with Crippen LogP contribution < -0.4 is 9.47 Å². The Morgan fingerprint density at radius 3 is 2.69 bits per heavy atom. The minimum absolute atomic E-state index is 0.0939. The third kappa shape index (κ3) is 4.62. The van der Waals surface area contributed by atoms with Gasteiger partial charge in [0.25, 0.3) is 0 Å². The largest absolute Gasteiger partial charge is 0.497 e. The van der Waals surface area contributed by atoms with Gasteiger partial charge in [-0.2, -0.15) is 4.98 Å². The Hall–Kier alpha value is -2.38. The van der Waals surface area contributed by atoms with Gasteiger partial charge in [0.2, 0.25) is 11.7 Å². The first-order valence-electron chi connectivity index (χ1n) is 7.68. The minimum Gasteiger partial charge on any atom is -0.497 e. The van der Waals surface area contributed by atoms with Crippen LogP contribution in [0, 0.1) is 0 Å². The normalized spacial score (nSPS) is 10.6. The molecule has 0 atom stereocenters. The van der Waals surface area contributed by atoms with Crippen LogP contribution in [-0.4, -0.2) is 23.2 Å². The number of ether oxygens (including phenoxy) is 2. The van der Waals surface area contributed by atoms with E-state index >= 15 is 0 Å². The maximum absolute atomic E-state index is 12.0. The van der Waals surface area contributed by atoms with Gasteiger partial charge in [-0.25, -0.2) is 0 Å². The quantitative estimate of drug-likeness (QED) is 0.411. The highest BCUT2D eigenvalue weighted by molar-refractivity contribution is 9.10. The van der Waals surface area contributed by atoms with E-state index in [-0.39, 0.29) is 12.8 Å². The molecule has 0 aliphatic heterocycles. The molecule has 0 bridgehead atoms. The molecule has 26 heavy (non-hydrogen) atoms. The van der Waals surface area contributed by atoms with E-state index in [4.69, 9.17) is 25.6 Å². The molecule has 134 valence electrons. The molecule has 3 rings (SSSR count). The van der Waals surface area contributed by atoms with Crippen LogP contribution in [0.2, 0.25) is 5.02 Å². The number of aromatic nitrogens is 2. The van der Waals surface area contributed by atoms with E-state index in [0.717, 1.165) is 15.8 Å². The van der Waals surface area contributed by atoms with Gasteiger partial charge in [0.1, 0.15) is 11.5 Å². The maximum atomic E-state index is 12.0. The molecule has 0 saturated heterocycles. The lowest BCUT2D eigenvalue weighted by molar-refractivity contribution is -0.134. The van der Waals surface area contributed by atoms with Crippen LogP contribution in [0.25, 0.3) is 11.4 Å². The van der Waals surface area contributed by atoms with Gasteiger partial charge < -0.3 is 14.0 Å². The lowest BCUT2D eigenvalue weighted by Gasteiger charge is -2.05. The maximum Gasteiger partial charge on any atom is 0.311 e. The summed E-state index contributed by atoms with van der Waals surface area (Å²) in [6.45, 7) is 0. The molecule has 0 radical (unpaired) electrons. The number of carbonyl (C=O) groups excluding carboxylic acids is 1. The summed E-state index contributed by atoms with van der Waals surface area (Å²) in [4.78, 5) is 16.3. The van der Waals surface area contributed by atoms with E-state index in [1.165, 1.54) is 0 Å². The van der Waals surface area contributed by atoms with E-state index < -0.39 is 5.97 Å². The zero-order valence-corrected chi connectivity index (χ0v) is 16.1. The fourth-order valence-corrected chi connectivity index (χ4v) is 2.87. The van der Waals surface area contributed by atoms with Crippen LogP contribution in [0.3, 0.4) is 0 Å². The monoisotopic (exact) mass is 436 g/mol. The number of benzene rings is 2. The smallest absolute Gasteiger partial charge is 0.311 e. The number of methoxy groups -OCH3 is 1. The van der Waals surface area contributed by atoms with Gasteiger partial charge in [-0.15, -0.1) is 0 Å². The van der Waals surface area contributed by atoms with Crippen molar-refractivity contribution in [2.24, 2.45) is 0 Å². The second-order valence-electron chi connectivity index (χ2n) is 5.29. The molecule has 0 aliphatic rings. The van der Waals surface area contributed by atoms with E-state index in [0.29, 0.717) is 22.5 Å². The van der Waals surface area contributed by atoms with Crippen LogP contribution in [0.15, 0.2) is 51.5 Å². The molecule has 0 saturated carbocycles. The number of nitrogens with zero attached hydrogens (tertiary/aromatic N) is 2.